The van der Waals surface area contributed by atoms with E-state index < -0.39 is 45.4 Å². The zero-order valence-electron chi connectivity index (χ0n) is 6.28. The van der Waals surface area contributed by atoms with Crippen LogP contribution in [0.4, 0.5) is 13.2 Å². The van der Waals surface area contributed by atoms with Gasteiger partial charge in [-0.2, -0.15) is 21.6 Å². The maximum atomic E-state index is 12.0. The third-order valence-corrected chi connectivity index (χ3v) is 2.83. The van der Waals surface area contributed by atoms with Gasteiger partial charge in [-0.15, -0.1) is 0 Å². The lowest BCUT2D eigenvalue weighted by molar-refractivity contribution is -0.0620. The molecule has 5 nitrogen and oxygen atoms in total. The van der Waals surface area contributed by atoms with Crippen molar-refractivity contribution in [3.63, 3.8) is 0 Å². The molecule has 0 aromatic rings. The molecule has 0 saturated carbocycles. The van der Waals surface area contributed by atoms with Crippen molar-refractivity contribution in [1.29, 1.82) is 0 Å². The van der Waals surface area contributed by atoms with E-state index in [4.69, 9.17) is 0 Å². The van der Waals surface area contributed by atoms with Crippen LogP contribution in [0.15, 0.2) is 0 Å². The van der Waals surface area contributed by atoms with E-state index in [0.717, 1.165) is 0 Å². The average Bonchev–Trinajstić information content (AvgIpc) is 2.29. The number of halogens is 3. The zero-order chi connectivity index (χ0) is 11.0. The lowest BCUT2D eigenvalue weighted by atomic mass is 10.2. The molecule has 1 rings (SSSR count). The Hall–Kier alpha value is -0.450. The largest absolute Gasteiger partial charge is 0.427 e. The Labute approximate surface area is 80.2 Å². The van der Waals surface area contributed by atoms with Gasteiger partial charge in [0, 0.05) is 0 Å². The minimum absolute atomic E-state index is 0.827. The van der Waals surface area contributed by atoms with E-state index in [0.29, 0.717) is 0 Å². The quantitative estimate of drug-likeness (QED) is 0.593. The number of rotatable bonds is 1. The minimum Gasteiger partial charge on any atom is -0.245 e. The van der Waals surface area contributed by atoms with Crippen LogP contribution < -0.4 is 0 Å². The molecule has 0 aliphatic carbocycles. The first-order chi connectivity index (χ1) is 6.26. The molecule has 0 bridgehead atoms. The fourth-order valence-electron chi connectivity index (χ4n) is 0.746. The third kappa shape index (κ3) is 2.53. The SMILES string of the molecule is O=S=C(C1COS(=O)(=O)O1)C(F)(F)F. The number of hydrogen-bond donors (Lipinski definition) is 0. The van der Waals surface area contributed by atoms with Crippen molar-refractivity contribution in [2.45, 2.75) is 12.3 Å². The van der Waals surface area contributed by atoms with Gasteiger partial charge < -0.3 is 0 Å². The topological polar surface area (TPSA) is 69.7 Å². The van der Waals surface area contributed by atoms with Crippen molar-refractivity contribution >= 4 is 26.5 Å². The van der Waals surface area contributed by atoms with Gasteiger partial charge in [0.25, 0.3) is 0 Å². The van der Waals surface area contributed by atoms with Crippen molar-refractivity contribution in [3.8, 4) is 0 Å². The van der Waals surface area contributed by atoms with Crippen molar-refractivity contribution < 1.29 is 34.2 Å². The van der Waals surface area contributed by atoms with Gasteiger partial charge in [-0.25, -0.2) is 12.6 Å². The molecule has 0 aromatic heterocycles. The Morgan fingerprint density at radius 1 is 1.43 bits per heavy atom. The van der Waals surface area contributed by atoms with Crippen molar-refractivity contribution in [2.24, 2.45) is 0 Å². The van der Waals surface area contributed by atoms with Crippen molar-refractivity contribution in [1.82, 2.24) is 0 Å². The molecule has 0 N–H and O–H groups in total. The standard InChI is InChI=1S/C4H3F3O5S2/c5-4(6,7)3(13-8)2-1-11-14(9,10)12-2/h2H,1H2. The number of alkyl halides is 3. The summed E-state index contributed by atoms with van der Waals surface area (Å²) in [6, 6.07) is 0. The summed E-state index contributed by atoms with van der Waals surface area (Å²) >= 11 is -0.853. The smallest absolute Gasteiger partial charge is 0.245 e. The van der Waals surface area contributed by atoms with E-state index in [9.17, 15) is 25.8 Å². The van der Waals surface area contributed by atoms with Crippen molar-refractivity contribution in [2.75, 3.05) is 6.61 Å². The highest BCUT2D eigenvalue weighted by Gasteiger charge is 2.46. The molecule has 14 heavy (non-hydrogen) atoms. The Balaban J connectivity index is 2.92. The summed E-state index contributed by atoms with van der Waals surface area (Å²) in [6.07, 6.45) is -6.79. The number of hydrogen-bond acceptors (Lipinski definition) is 5. The van der Waals surface area contributed by atoms with Crippen LogP contribution in [-0.4, -0.2) is 36.4 Å². The Kier molecular flexibility index (Phi) is 2.99. The van der Waals surface area contributed by atoms with Gasteiger partial charge in [-0.05, 0) is 0 Å². The van der Waals surface area contributed by atoms with Gasteiger partial charge in [0.15, 0.2) is 4.86 Å². The Morgan fingerprint density at radius 3 is 2.29 bits per heavy atom. The van der Waals surface area contributed by atoms with E-state index in [2.05, 4.69) is 8.37 Å². The Morgan fingerprint density at radius 2 is 2.00 bits per heavy atom. The molecule has 1 atom stereocenters. The zero-order valence-corrected chi connectivity index (χ0v) is 7.91. The Bertz CT molecular complexity index is 378. The molecular formula is C4H3F3O5S2. The fourth-order valence-corrected chi connectivity index (χ4v) is 1.91. The molecule has 10 heteroatoms. The first kappa shape index (κ1) is 11.6. The van der Waals surface area contributed by atoms with Crippen LogP contribution >= 0.6 is 0 Å². The van der Waals surface area contributed by atoms with Crippen molar-refractivity contribution in [3.05, 3.63) is 0 Å². The highest BCUT2D eigenvalue weighted by atomic mass is 32.3. The molecular weight excluding hydrogens is 249 g/mol. The fraction of sp³-hybridized carbons (Fsp3) is 0.750. The van der Waals surface area contributed by atoms with Gasteiger partial charge in [0.05, 0.1) is 0 Å². The molecule has 1 aliphatic heterocycles. The molecule has 0 aromatic carbocycles. The van der Waals surface area contributed by atoms with E-state index in [-0.39, 0.29) is 0 Å². The van der Waals surface area contributed by atoms with Crippen LogP contribution in [0.5, 0.6) is 0 Å². The first-order valence-electron chi connectivity index (χ1n) is 3.08. The van der Waals surface area contributed by atoms with Crippen LogP contribution in [0.25, 0.3) is 0 Å². The lowest BCUT2D eigenvalue weighted by Gasteiger charge is -2.09. The van der Waals surface area contributed by atoms with E-state index in [1.54, 1.807) is 0 Å². The summed E-state index contributed by atoms with van der Waals surface area (Å²) in [5, 5.41) is 0. The van der Waals surface area contributed by atoms with Crippen LogP contribution in [0.2, 0.25) is 0 Å². The average molecular weight is 252 g/mol. The normalized spacial score (nSPS) is 26.1. The van der Waals surface area contributed by atoms with Gasteiger partial charge in [0.1, 0.15) is 24.0 Å². The van der Waals surface area contributed by atoms with Gasteiger partial charge in [0.2, 0.25) is 0 Å². The summed E-state index contributed by atoms with van der Waals surface area (Å²) in [7, 11) is -4.38. The van der Waals surface area contributed by atoms with Crippen LogP contribution in [0.1, 0.15) is 0 Å². The van der Waals surface area contributed by atoms with E-state index in [1.165, 1.54) is 0 Å². The van der Waals surface area contributed by atoms with E-state index >= 15 is 0 Å². The molecule has 1 heterocycles. The van der Waals surface area contributed by atoms with Gasteiger partial charge in [-0.1, -0.05) is 0 Å². The van der Waals surface area contributed by atoms with Crippen LogP contribution in [0, 0.1) is 0 Å². The predicted octanol–water partition coefficient (Wildman–Crippen LogP) is -0.406. The second kappa shape index (κ2) is 3.61. The molecule has 0 radical (unpaired) electrons. The van der Waals surface area contributed by atoms with Gasteiger partial charge in [-0.3, -0.25) is 0 Å². The second-order valence-electron chi connectivity index (χ2n) is 2.22. The third-order valence-electron chi connectivity index (χ3n) is 1.26. The van der Waals surface area contributed by atoms with E-state index in [1.807, 2.05) is 0 Å². The molecule has 1 saturated heterocycles. The molecule has 82 valence electrons. The van der Waals surface area contributed by atoms with Crippen LogP contribution in [0.3, 0.4) is 0 Å². The summed E-state index contributed by atoms with van der Waals surface area (Å²) in [5.74, 6) is 0. The molecule has 1 fully saturated rings. The second-order valence-corrected chi connectivity index (χ2v) is 4.07. The summed E-state index contributed by atoms with van der Waals surface area (Å²) in [6.45, 7) is -0.827. The predicted molar refractivity (Wildman–Crippen MR) is 38.9 cm³/mol. The molecule has 1 unspecified atom stereocenters. The molecule has 1 aliphatic rings. The maximum absolute atomic E-state index is 12.0. The summed E-state index contributed by atoms with van der Waals surface area (Å²) in [5.41, 5.74) is 0. The van der Waals surface area contributed by atoms with Crippen LogP contribution in [-0.2, 0) is 30.0 Å². The minimum atomic E-state index is -4.90. The highest BCUT2D eigenvalue weighted by Crippen LogP contribution is 2.24. The summed E-state index contributed by atoms with van der Waals surface area (Å²) < 4.78 is 74.9. The maximum Gasteiger partial charge on any atom is 0.427 e. The monoisotopic (exact) mass is 252 g/mol. The lowest BCUT2D eigenvalue weighted by Crippen LogP contribution is -2.36. The highest BCUT2D eigenvalue weighted by molar-refractivity contribution is 7.82. The summed E-state index contributed by atoms with van der Waals surface area (Å²) in [4.78, 5) is -1.57. The molecule has 0 spiro atoms. The van der Waals surface area contributed by atoms with Gasteiger partial charge >= 0.3 is 16.6 Å². The first-order valence-corrected chi connectivity index (χ1v) is 5.15. The molecule has 0 amide bonds.